The molecule has 1 saturated heterocycles. The number of ether oxygens (including phenoxy) is 1. The molecule has 1 aromatic rings. The molecule has 2 heterocycles. The summed E-state index contributed by atoms with van der Waals surface area (Å²) in [6.07, 6.45) is 3.34. The molecule has 1 atom stereocenters. The molecule has 4 nitrogen and oxygen atoms in total. The van der Waals surface area contributed by atoms with Crippen molar-refractivity contribution in [3.63, 3.8) is 0 Å². The third-order valence-electron chi connectivity index (χ3n) is 4.13. The summed E-state index contributed by atoms with van der Waals surface area (Å²) in [6.45, 7) is 5.26. The van der Waals surface area contributed by atoms with Gasteiger partial charge in [0.1, 0.15) is 0 Å². The Hall–Kier alpha value is -1.55. The summed E-state index contributed by atoms with van der Waals surface area (Å²) in [5, 5.41) is 3.33. The van der Waals surface area contributed by atoms with E-state index in [1.54, 1.807) is 0 Å². The smallest absolute Gasteiger partial charge is 0.254 e. The van der Waals surface area contributed by atoms with E-state index in [0.717, 1.165) is 56.8 Å². The normalized spacial score (nSPS) is 21.4. The lowest BCUT2D eigenvalue weighted by Gasteiger charge is -2.32. The van der Waals surface area contributed by atoms with Crippen molar-refractivity contribution in [3.05, 3.63) is 29.3 Å². The Bertz CT molecular complexity index is 499. The van der Waals surface area contributed by atoms with Gasteiger partial charge in [-0.15, -0.1) is 0 Å². The summed E-state index contributed by atoms with van der Waals surface area (Å²) >= 11 is 0. The summed E-state index contributed by atoms with van der Waals surface area (Å²) < 4.78 is 5.67. The van der Waals surface area contributed by atoms with Crippen LogP contribution in [-0.2, 0) is 11.2 Å². The van der Waals surface area contributed by atoms with Gasteiger partial charge in [-0.25, -0.2) is 0 Å². The lowest BCUT2D eigenvalue weighted by molar-refractivity contribution is 0.00724. The van der Waals surface area contributed by atoms with Crippen molar-refractivity contribution in [2.24, 2.45) is 0 Å². The summed E-state index contributed by atoms with van der Waals surface area (Å²) in [6, 6.07) is 6.03. The van der Waals surface area contributed by atoms with Crippen LogP contribution in [0.15, 0.2) is 18.2 Å². The minimum absolute atomic E-state index is 0.130. The highest BCUT2D eigenvalue weighted by molar-refractivity contribution is 5.95. The van der Waals surface area contributed by atoms with E-state index < -0.39 is 0 Å². The number of nitrogens with one attached hydrogen (secondary N) is 1. The average molecular weight is 274 g/mol. The minimum Gasteiger partial charge on any atom is -0.384 e. The van der Waals surface area contributed by atoms with E-state index in [-0.39, 0.29) is 12.0 Å². The van der Waals surface area contributed by atoms with Crippen molar-refractivity contribution in [2.45, 2.75) is 32.3 Å². The van der Waals surface area contributed by atoms with Crippen LogP contribution >= 0.6 is 0 Å². The molecule has 0 aliphatic carbocycles. The van der Waals surface area contributed by atoms with Crippen molar-refractivity contribution < 1.29 is 9.53 Å². The Morgan fingerprint density at radius 1 is 1.50 bits per heavy atom. The topological polar surface area (TPSA) is 41.6 Å². The monoisotopic (exact) mass is 274 g/mol. The maximum Gasteiger partial charge on any atom is 0.254 e. The van der Waals surface area contributed by atoms with E-state index in [1.807, 2.05) is 24.0 Å². The Morgan fingerprint density at radius 2 is 2.40 bits per heavy atom. The molecule has 0 spiro atoms. The van der Waals surface area contributed by atoms with Crippen molar-refractivity contribution >= 4 is 11.6 Å². The van der Waals surface area contributed by atoms with Gasteiger partial charge in [0, 0.05) is 37.5 Å². The van der Waals surface area contributed by atoms with Crippen LogP contribution in [0.1, 0.15) is 35.7 Å². The molecule has 0 aromatic heterocycles. The Balaban J connectivity index is 1.72. The molecule has 1 fully saturated rings. The summed E-state index contributed by atoms with van der Waals surface area (Å²) in [7, 11) is 0. The van der Waals surface area contributed by atoms with Gasteiger partial charge in [0.2, 0.25) is 0 Å². The van der Waals surface area contributed by atoms with Crippen LogP contribution < -0.4 is 5.32 Å². The molecule has 1 aromatic carbocycles. The molecule has 108 valence electrons. The SMILES string of the molecule is CCO[C@H]1CCCN(C(=O)c2ccc3c(c2)NCC3)C1. The molecule has 2 aliphatic rings. The first-order chi connectivity index (χ1) is 9.78. The van der Waals surface area contributed by atoms with E-state index in [0.29, 0.717) is 0 Å². The van der Waals surface area contributed by atoms with Crippen molar-refractivity contribution in [1.29, 1.82) is 0 Å². The third-order valence-corrected chi connectivity index (χ3v) is 4.13. The Labute approximate surface area is 120 Å². The standard InChI is InChI=1S/C16H22N2O2/c1-2-20-14-4-3-9-18(11-14)16(19)13-6-5-12-7-8-17-15(12)10-13/h5-6,10,14,17H,2-4,7-9,11H2,1H3/t14-/m0/s1. The quantitative estimate of drug-likeness (QED) is 0.919. The molecular formula is C16H22N2O2. The van der Waals surface area contributed by atoms with Gasteiger partial charge in [0.15, 0.2) is 0 Å². The summed E-state index contributed by atoms with van der Waals surface area (Å²) in [5.74, 6) is 0.130. The molecule has 4 heteroatoms. The fourth-order valence-electron chi connectivity index (χ4n) is 3.10. The largest absolute Gasteiger partial charge is 0.384 e. The van der Waals surface area contributed by atoms with Crippen LogP contribution in [0.5, 0.6) is 0 Å². The second kappa shape index (κ2) is 5.83. The number of nitrogens with zero attached hydrogens (tertiary/aromatic N) is 1. The molecule has 0 saturated carbocycles. The zero-order valence-corrected chi connectivity index (χ0v) is 12.0. The number of fused-ring (bicyclic) bond motifs is 1. The fraction of sp³-hybridized carbons (Fsp3) is 0.562. The number of amides is 1. The highest BCUT2D eigenvalue weighted by Crippen LogP contribution is 2.24. The zero-order chi connectivity index (χ0) is 13.9. The highest BCUT2D eigenvalue weighted by Gasteiger charge is 2.25. The van der Waals surface area contributed by atoms with E-state index in [4.69, 9.17) is 4.74 Å². The number of piperidine rings is 1. The molecule has 20 heavy (non-hydrogen) atoms. The van der Waals surface area contributed by atoms with Crippen molar-refractivity contribution in [1.82, 2.24) is 4.90 Å². The predicted molar refractivity (Wildman–Crippen MR) is 79.2 cm³/mol. The van der Waals surface area contributed by atoms with E-state index in [1.165, 1.54) is 5.56 Å². The maximum absolute atomic E-state index is 12.6. The van der Waals surface area contributed by atoms with Crippen LogP contribution in [0.25, 0.3) is 0 Å². The highest BCUT2D eigenvalue weighted by atomic mass is 16.5. The summed E-state index contributed by atoms with van der Waals surface area (Å²) in [4.78, 5) is 14.5. The van der Waals surface area contributed by atoms with Crippen LogP contribution in [0, 0.1) is 0 Å². The number of rotatable bonds is 3. The zero-order valence-electron chi connectivity index (χ0n) is 12.0. The van der Waals surface area contributed by atoms with Gasteiger partial charge in [-0.1, -0.05) is 6.07 Å². The summed E-state index contributed by atoms with van der Waals surface area (Å²) in [5.41, 5.74) is 3.22. The third kappa shape index (κ3) is 2.66. The number of hydrogen-bond acceptors (Lipinski definition) is 3. The van der Waals surface area contributed by atoms with Crippen LogP contribution in [0.3, 0.4) is 0 Å². The molecular weight excluding hydrogens is 252 g/mol. The number of hydrogen-bond donors (Lipinski definition) is 1. The van der Waals surface area contributed by atoms with E-state index in [2.05, 4.69) is 11.4 Å². The molecule has 0 radical (unpaired) electrons. The van der Waals surface area contributed by atoms with E-state index >= 15 is 0 Å². The molecule has 0 unspecified atom stereocenters. The van der Waals surface area contributed by atoms with Gasteiger partial charge in [-0.2, -0.15) is 0 Å². The number of likely N-dealkylation sites (tertiary alicyclic amines) is 1. The first kappa shape index (κ1) is 13.4. The van der Waals surface area contributed by atoms with Gasteiger partial charge in [0.05, 0.1) is 6.10 Å². The van der Waals surface area contributed by atoms with Crippen molar-refractivity contribution in [3.8, 4) is 0 Å². The van der Waals surface area contributed by atoms with E-state index in [9.17, 15) is 4.79 Å². The first-order valence-electron chi connectivity index (χ1n) is 7.55. The van der Waals surface area contributed by atoms with Crippen molar-refractivity contribution in [2.75, 3.05) is 31.6 Å². The maximum atomic E-state index is 12.6. The number of benzene rings is 1. The Kier molecular flexibility index (Phi) is 3.92. The molecule has 1 N–H and O–H groups in total. The van der Waals surface area contributed by atoms with Gasteiger partial charge in [0.25, 0.3) is 5.91 Å². The molecule has 2 aliphatic heterocycles. The first-order valence-corrected chi connectivity index (χ1v) is 7.55. The minimum atomic E-state index is 0.130. The molecule has 0 bridgehead atoms. The second-order valence-electron chi connectivity index (χ2n) is 5.52. The van der Waals surface area contributed by atoms with Crippen LogP contribution in [0.4, 0.5) is 5.69 Å². The van der Waals surface area contributed by atoms with Gasteiger partial charge >= 0.3 is 0 Å². The predicted octanol–water partition coefficient (Wildman–Crippen LogP) is 2.30. The number of anilines is 1. The Morgan fingerprint density at radius 3 is 3.25 bits per heavy atom. The number of carbonyl (C=O) groups excluding carboxylic acids is 1. The van der Waals surface area contributed by atoms with Crippen LogP contribution in [-0.4, -0.2) is 43.2 Å². The lowest BCUT2D eigenvalue weighted by Crippen LogP contribution is -2.43. The van der Waals surface area contributed by atoms with Crippen LogP contribution in [0.2, 0.25) is 0 Å². The van der Waals surface area contributed by atoms with Gasteiger partial charge in [-0.3, -0.25) is 4.79 Å². The van der Waals surface area contributed by atoms with Gasteiger partial charge in [-0.05, 0) is 43.9 Å². The molecule has 3 rings (SSSR count). The average Bonchev–Trinajstić information content (AvgIpc) is 2.94. The molecule has 1 amide bonds. The fourth-order valence-corrected chi connectivity index (χ4v) is 3.10. The number of carbonyl (C=O) groups is 1. The second-order valence-corrected chi connectivity index (χ2v) is 5.52. The lowest BCUT2D eigenvalue weighted by atomic mass is 10.0. The van der Waals surface area contributed by atoms with Gasteiger partial charge < -0.3 is 15.0 Å².